The first kappa shape index (κ1) is 15.4. The van der Waals surface area contributed by atoms with Crippen molar-refractivity contribution in [2.24, 2.45) is 0 Å². The van der Waals surface area contributed by atoms with Gasteiger partial charge in [-0.3, -0.25) is 0 Å². The quantitative estimate of drug-likeness (QED) is 0.612. The van der Waals surface area contributed by atoms with E-state index in [0.717, 1.165) is 5.56 Å². The van der Waals surface area contributed by atoms with Crippen LogP contribution in [0, 0.1) is 10.1 Å². The van der Waals surface area contributed by atoms with Crippen LogP contribution in [0.3, 0.4) is 0 Å². The molecule has 0 saturated carbocycles. The molecule has 1 aromatic carbocycles. The maximum absolute atomic E-state index is 10.4. The van der Waals surface area contributed by atoms with E-state index in [2.05, 4.69) is 10.1 Å². The molecule has 0 radical (unpaired) electrons. The SMILES string of the molecule is O=[N+]([O-])c1ncn(C[C@@H](O)COCc2ccccc2Cl)n1. The van der Waals surface area contributed by atoms with E-state index in [1.807, 2.05) is 18.2 Å². The predicted molar refractivity (Wildman–Crippen MR) is 73.8 cm³/mol. The van der Waals surface area contributed by atoms with Gasteiger partial charge in [-0.1, -0.05) is 34.8 Å². The summed E-state index contributed by atoms with van der Waals surface area (Å²) in [4.78, 5) is 13.2. The summed E-state index contributed by atoms with van der Waals surface area (Å²) >= 11 is 5.97. The van der Waals surface area contributed by atoms with Gasteiger partial charge in [0.15, 0.2) is 0 Å². The number of halogens is 1. The molecule has 2 aromatic rings. The molecular formula is C12H13ClN4O4. The highest BCUT2D eigenvalue weighted by Gasteiger charge is 2.15. The van der Waals surface area contributed by atoms with Gasteiger partial charge < -0.3 is 20.0 Å². The van der Waals surface area contributed by atoms with E-state index in [9.17, 15) is 15.2 Å². The Morgan fingerprint density at radius 3 is 2.90 bits per heavy atom. The number of benzene rings is 1. The molecule has 1 aromatic heterocycles. The van der Waals surface area contributed by atoms with Crippen LogP contribution in [-0.4, -0.2) is 37.5 Å². The molecule has 0 aliphatic carbocycles. The van der Waals surface area contributed by atoms with Crippen molar-refractivity contribution in [3.8, 4) is 0 Å². The number of aliphatic hydroxyl groups excluding tert-OH is 1. The predicted octanol–water partition coefficient (Wildman–Crippen LogP) is 1.42. The van der Waals surface area contributed by atoms with Gasteiger partial charge in [0, 0.05) is 10.1 Å². The molecule has 0 aliphatic rings. The Balaban J connectivity index is 1.78. The van der Waals surface area contributed by atoms with Crippen LogP contribution in [0.15, 0.2) is 30.6 Å². The normalized spacial score (nSPS) is 12.3. The lowest BCUT2D eigenvalue weighted by atomic mass is 10.2. The van der Waals surface area contributed by atoms with Crippen molar-refractivity contribution in [2.45, 2.75) is 19.3 Å². The highest BCUT2D eigenvalue weighted by atomic mass is 35.5. The van der Waals surface area contributed by atoms with Crippen molar-refractivity contribution in [1.82, 2.24) is 14.8 Å². The molecular weight excluding hydrogens is 300 g/mol. The third-order valence-electron chi connectivity index (χ3n) is 2.61. The van der Waals surface area contributed by atoms with Gasteiger partial charge in [0.05, 0.1) is 25.9 Å². The molecule has 0 fully saturated rings. The van der Waals surface area contributed by atoms with Gasteiger partial charge in [-0.15, -0.1) is 0 Å². The van der Waals surface area contributed by atoms with Gasteiger partial charge in [-0.25, -0.2) is 0 Å². The fourth-order valence-corrected chi connectivity index (χ4v) is 1.84. The summed E-state index contributed by atoms with van der Waals surface area (Å²) in [6, 6.07) is 7.24. The molecule has 0 aliphatic heterocycles. The van der Waals surface area contributed by atoms with Gasteiger partial charge in [0.25, 0.3) is 0 Å². The number of hydrogen-bond donors (Lipinski definition) is 1. The maximum atomic E-state index is 10.4. The first-order valence-corrected chi connectivity index (χ1v) is 6.47. The largest absolute Gasteiger partial charge is 0.490 e. The highest BCUT2D eigenvalue weighted by molar-refractivity contribution is 6.31. The molecule has 21 heavy (non-hydrogen) atoms. The first-order chi connectivity index (χ1) is 10.1. The highest BCUT2D eigenvalue weighted by Crippen LogP contribution is 2.15. The molecule has 0 unspecified atom stereocenters. The van der Waals surface area contributed by atoms with Crippen LogP contribution < -0.4 is 0 Å². The number of nitrogens with zero attached hydrogens (tertiary/aromatic N) is 4. The fraction of sp³-hybridized carbons (Fsp3) is 0.333. The van der Waals surface area contributed by atoms with Crippen molar-refractivity contribution in [1.29, 1.82) is 0 Å². The van der Waals surface area contributed by atoms with E-state index in [-0.39, 0.29) is 19.8 Å². The minimum Gasteiger partial charge on any atom is -0.390 e. The molecule has 1 atom stereocenters. The van der Waals surface area contributed by atoms with E-state index in [1.54, 1.807) is 6.07 Å². The zero-order valence-corrected chi connectivity index (χ0v) is 11.7. The van der Waals surface area contributed by atoms with Crippen LogP contribution in [0.4, 0.5) is 5.95 Å². The Kier molecular flexibility index (Phi) is 5.20. The Morgan fingerprint density at radius 1 is 1.48 bits per heavy atom. The lowest BCUT2D eigenvalue weighted by molar-refractivity contribution is -0.394. The molecule has 0 bridgehead atoms. The van der Waals surface area contributed by atoms with E-state index >= 15 is 0 Å². The van der Waals surface area contributed by atoms with Crippen molar-refractivity contribution < 1.29 is 14.8 Å². The van der Waals surface area contributed by atoms with E-state index in [4.69, 9.17) is 16.3 Å². The third-order valence-corrected chi connectivity index (χ3v) is 2.98. The van der Waals surface area contributed by atoms with Gasteiger partial charge in [0.1, 0.15) is 0 Å². The monoisotopic (exact) mass is 312 g/mol. The summed E-state index contributed by atoms with van der Waals surface area (Å²) in [6.45, 7) is 0.385. The van der Waals surface area contributed by atoms with Crippen LogP contribution in [0.25, 0.3) is 0 Å². The first-order valence-electron chi connectivity index (χ1n) is 6.09. The minimum atomic E-state index is -0.853. The maximum Gasteiger partial charge on any atom is 0.490 e. The summed E-state index contributed by atoms with van der Waals surface area (Å²) in [5.74, 6) is -0.501. The zero-order valence-electron chi connectivity index (χ0n) is 10.9. The number of rotatable bonds is 7. The summed E-state index contributed by atoms with van der Waals surface area (Å²) in [7, 11) is 0. The molecule has 9 heteroatoms. The van der Waals surface area contributed by atoms with Crippen LogP contribution in [0.5, 0.6) is 0 Å². The third kappa shape index (κ3) is 4.48. The van der Waals surface area contributed by atoms with E-state index < -0.39 is 17.0 Å². The topological polar surface area (TPSA) is 103 Å². The standard InChI is InChI=1S/C12H13ClN4O4/c13-11-4-2-1-3-9(11)6-21-7-10(18)5-16-8-14-12(15-16)17(19)20/h1-4,8,10,18H,5-7H2/t10-/m1/s1. The van der Waals surface area contributed by atoms with Crippen LogP contribution in [0.1, 0.15) is 5.56 Å². The molecule has 2 rings (SSSR count). The van der Waals surface area contributed by atoms with Gasteiger partial charge >= 0.3 is 5.95 Å². The summed E-state index contributed by atoms with van der Waals surface area (Å²) in [5.41, 5.74) is 0.822. The van der Waals surface area contributed by atoms with Crippen LogP contribution in [-0.2, 0) is 17.9 Å². The van der Waals surface area contributed by atoms with Crippen molar-refractivity contribution in [3.05, 3.63) is 51.3 Å². The second-order valence-electron chi connectivity index (χ2n) is 4.28. The molecule has 8 nitrogen and oxygen atoms in total. The molecule has 0 saturated heterocycles. The number of aromatic nitrogens is 3. The Bertz CT molecular complexity index is 619. The number of nitro groups is 1. The van der Waals surface area contributed by atoms with Crippen LogP contribution in [0.2, 0.25) is 5.02 Å². The van der Waals surface area contributed by atoms with Crippen molar-refractivity contribution >= 4 is 17.5 Å². The Hall–Kier alpha value is -2.03. The summed E-state index contributed by atoms with van der Waals surface area (Å²) < 4.78 is 6.56. The average molecular weight is 313 g/mol. The second-order valence-corrected chi connectivity index (χ2v) is 4.69. The van der Waals surface area contributed by atoms with Crippen molar-refractivity contribution in [2.75, 3.05) is 6.61 Å². The number of ether oxygens (including phenoxy) is 1. The van der Waals surface area contributed by atoms with Gasteiger partial charge in [-0.05, 0) is 16.6 Å². The smallest absolute Gasteiger partial charge is 0.390 e. The molecule has 0 amide bonds. The summed E-state index contributed by atoms with van der Waals surface area (Å²) in [6.07, 6.45) is 0.337. The Morgan fingerprint density at radius 2 is 2.24 bits per heavy atom. The molecule has 1 heterocycles. The van der Waals surface area contributed by atoms with Crippen LogP contribution >= 0.6 is 11.6 Å². The lowest BCUT2D eigenvalue weighted by Crippen LogP contribution is -2.22. The molecule has 112 valence electrons. The van der Waals surface area contributed by atoms with Gasteiger partial charge in [0.2, 0.25) is 6.33 Å². The van der Waals surface area contributed by atoms with E-state index in [1.165, 1.54) is 11.0 Å². The Labute approximate surface area is 125 Å². The molecule has 1 N–H and O–H groups in total. The summed E-state index contributed by atoms with van der Waals surface area (Å²) in [5, 5.41) is 24.4. The molecule has 0 spiro atoms. The van der Waals surface area contributed by atoms with Crippen molar-refractivity contribution in [3.63, 3.8) is 0 Å². The average Bonchev–Trinajstić information content (AvgIpc) is 2.89. The zero-order chi connectivity index (χ0) is 15.2. The number of hydrogen-bond acceptors (Lipinski definition) is 6. The minimum absolute atomic E-state index is 0.0544. The van der Waals surface area contributed by atoms with E-state index in [0.29, 0.717) is 5.02 Å². The fourth-order valence-electron chi connectivity index (χ4n) is 1.65. The second kappa shape index (κ2) is 7.11. The lowest BCUT2D eigenvalue weighted by Gasteiger charge is -2.10. The number of aliphatic hydroxyl groups is 1. The van der Waals surface area contributed by atoms with Gasteiger partial charge in [-0.2, -0.15) is 4.68 Å².